The predicted octanol–water partition coefficient (Wildman–Crippen LogP) is 4.37. The second kappa shape index (κ2) is 9.13. The minimum absolute atomic E-state index is 0.0517. The van der Waals surface area contributed by atoms with E-state index in [0.29, 0.717) is 11.1 Å². The molecular formula is C17H27FO3. The molecule has 0 radical (unpaired) electrons. The molecule has 1 rings (SSSR count). The molecule has 0 aliphatic rings. The highest BCUT2D eigenvalue weighted by Gasteiger charge is 2.19. The number of ether oxygens (including phenoxy) is 2. The van der Waals surface area contributed by atoms with Crippen molar-refractivity contribution in [3.05, 3.63) is 35.1 Å². The van der Waals surface area contributed by atoms with Crippen LogP contribution in [-0.2, 0) is 9.47 Å². The van der Waals surface area contributed by atoms with Crippen LogP contribution in [0.5, 0.6) is 0 Å². The topological polar surface area (TPSA) is 38.7 Å². The first-order valence-corrected chi connectivity index (χ1v) is 7.59. The largest absolute Gasteiger partial charge is 0.388 e. The molecule has 0 saturated carbocycles. The molecule has 2 unspecified atom stereocenters. The number of benzene rings is 1. The maximum atomic E-state index is 14.3. The molecule has 0 saturated heterocycles. The van der Waals surface area contributed by atoms with Gasteiger partial charge in [-0.25, -0.2) is 4.39 Å². The normalized spacial score (nSPS) is 14.4. The zero-order chi connectivity index (χ0) is 15.8. The van der Waals surface area contributed by atoms with Crippen LogP contribution < -0.4 is 0 Å². The van der Waals surface area contributed by atoms with Crippen molar-refractivity contribution in [2.75, 3.05) is 13.9 Å². The van der Waals surface area contributed by atoms with E-state index in [1.54, 1.807) is 19.2 Å². The van der Waals surface area contributed by atoms with E-state index in [4.69, 9.17) is 9.47 Å². The van der Waals surface area contributed by atoms with Gasteiger partial charge in [0.25, 0.3) is 0 Å². The Balaban J connectivity index is 2.92. The van der Waals surface area contributed by atoms with E-state index in [1.165, 1.54) is 6.07 Å². The zero-order valence-corrected chi connectivity index (χ0v) is 13.4. The van der Waals surface area contributed by atoms with Gasteiger partial charge in [0.1, 0.15) is 12.6 Å². The monoisotopic (exact) mass is 298 g/mol. The lowest BCUT2D eigenvalue weighted by Crippen LogP contribution is -2.11. The first kappa shape index (κ1) is 18.1. The van der Waals surface area contributed by atoms with Gasteiger partial charge in [-0.2, -0.15) is 0 Å². The standard InChI is InChI=1S/C17H27FO3/c1-5-6-7-16(21-11-20-4)14-9-8-13(10-15(14)18)17(19)12(2)3/h8-10,12,16-17,19H,5-7,11H2,1-4H3. The summed E-state index contributed by atoms with van der Waals surface area (Å²) in [5.41, 5.74) is 1.13. The number of aliphatic hydroxyl groups excluding tert-OH is 1. The summed E-state index contributed by atoms with van der Waals surface area (Å²) in [6.45, 7) is 6.04. The summed E-state index contributed by atoms with van der Waals surface area (Å²) in [6, 6.07) is 4.90. The zero-order valence-electron chi connectivity index (χ0n) is 13.4. The molecule has 0 fully saturated rings. The Morgan fingerprint density at radius 2 is 2.00 bits per heavy atom. The molecule has 0 aliphatic carbocycles. The van der Waals surface area contributed by atoms with Gasteiger partial charge >= 0.3 is 0 Å². The Bertz CT molecular complexity index is 412. The fraction of sp³-hybridized carbons (Fsp3) is 0.647. The summed E-state index contributed by atoms with van der Waals surface area (Å²) in [5.74, 6) is -0.278. The highest BCUT2D eigenvalue weighted by Crippen LogP contribution is 2.29. The molecule has 0 bridgehead atoms. The van der Waals surface area contributed by atoms with Crippen molar-refractivity contribution in [1.29, 1.82) is 0 Å². The molecule has 0 aliphatic heterocycles. The summed E-state index contributed by atoms with van der Waals surface area (Å²) >= 11 is 0. The van der Waals surface area contributed by atoms with Crippen LogP contribution in [-0.4, -0.2) is 19.0 Å². The molecule has 1 N–H and O–H groups in total. The average Bonchev–Trinajstić information content (AvgIpc) is 2.47. The van der Waals surface area contributed by atoms with Gasteiger partial charge in [0.2, 0.25) is 0 Å². The fourth-order valence-corrected chi connectivity index (χ4v) is 2.24. The molecule has 2 atom stereocenters. The van der Waals surface area contributed by atoms with Crippen LogP contribution in [0, 0.1) is 11.7 Å². The number of halogens is 1. The lowest BCUT2D eigenvalue weighted by molar-refractivity contribution is -0.0773. The predicted molar refractivity (Wildman–Crippen MR) is 81.4 cm³/mol. The SMILES string of the molecule is CCCCC(OCOC)c1ccc(C(O)C(C)C)cc1F. The number of hydrogen-bond donors (Lipinski definition) is 1. The number of aliphatic hydroxyl groups is 1. The maximum absolute atomic E-state index is 14.3. The summed E-state index contributed by atoms with van der Waals surface area (Å²) < 4.78 is 24.9. The number of hydrogen-bond acceptors (Lipinski definition) is 3. The van der Waals surface area contributed by atoms with Crippen LogP contribution in [0.25, 0.3) is 0 Å². The Hall–Kier alpha value is -0.970. The highest BCUT2D eigenvalue weighted by molar-refractivity contribution is 5.28. The maximum Gasteiger partial charge on any atom is 0.147 e. The van der Waals surface area contributed by atoms with Crippen LogP contribution in [0.2, 0.25) is 0 Å². The van der Waals surface area contributed by atoms with Crippen LogP contribution in [0.3, 0.4) is 0 Å². The molecule has 120 valence electrons. The van der Waals surface area contributed by atoms with Crippen molar-refractivity contribution < 1.29 is 19.0 Å². The van der Waals surface area contributed by atoms with Gasteiger partial charge in [-0.05, 0) is 24.0 Å². The quantitative estimate of drug-likeness (QED) is 0.688. The molecule has 3 nitrogen and oxygen atoms in total. The highest BCUT2D eigenvalue weighted by atomic mass is 19.1. The molecule has 0 spiro atoms. The van der Waals surface area contributed by atoms with E-state index in [-0.39, 0.29) is 24.6 Å². The molecular weight excluding hydrogens is 271 g/mol. The molecule has 4 heteroatoms. The van der Waals surface area contributed by atoms with Gasteiger partial charge in [0.05, 0.1) is 12.2 Å². The minimum atomic E-state index is -0.650. The Morgan fingerprint density at radius 1 is 1.29 bits per heavy atom. The van der Waals surface area contributed by atoms with Gasteiger partial charge in [-0.15, -0.1) is 0 Å². The number of unbranched alkanes of at least 4 members (excludes halogenated alkanes) is 1. The van der Waals surface area contributed by atoms with Gasteiger partial charge < -0.3 is 14.6 Å². The molecule has 0 amide bonds. The second-order valence-electron chi connectivity index (χ2n) is 5.67. The summed E-state index contributed by atoms with van der Waals surface area (Å²) in [4.78, 5) is 0. The van der Waals surface area contributed by atoms with Crippen molar-refractivity contribution in [2.45, 2.75) is 52.2 Å². The minimum Gasteiger partial charge on any atom is -0.388 e. The van der Waals surface area contributed by atoms with Gasteiger partial charge in [-0.1, -0.05) is 45.7 Å². The van der Waals surface area contributed by atoms with Gasteiger partial charge in [0, 0.05) is 12.7 Å². The third-order valence-corrected chi connectivity index (χ3v) is 3.55. The van der Waals surface area contributed by atoms with Crippen molar-refractivity contribution in [2.24, 2.45) is 5.92 Å². The van der Waals surface area contributed by atoms with E-state index in [0.717, 1.165) is 19.3 Å². The smallest absolute Gasteiger partial charge is 0.147 e. The third kappa shape index (κ3) is 5.38. The van der Waals surface area contributed by atoms with Crippen molar-refractivity contribution >= 4 is 0 Å². The first-order valence-electron chi connectivity index (χ1n) is 7.59. The van der Waals surface area contributed by atoms with E-state index in [2.05, 4.69) is 6.92 Å². The summed E-state index contributed by atoms with van der Waals surface area (Å²) in [6.07, 6.45) is 1.78. The van der Waals surface area contributed by atoms with Crippen LogP contribution in [0.15, 0.2) is 18.2 Å². The van der Waals surface area contributed by atoms with Crippen molar-refractivity contribution in [3.8, 4) is 0 Å². The number of methoxy groups -OCH3 is 1. The second-order valence-corrected chi connectivity index (χ2v) is 5.67. The Labute approximate surface area is 127 Å². The summed E-state index contributed by atoms with van der Waals surface area (Å²) in [5, 5.41) is 10.0. The van der Waals surface area contributed by atoms with E-state index >= 15 is 0 Å². The molecule has 1 aromatic carbocycles. The van der Waals surface area contributed by atoms with E-state index in [1.807, 2.05) is 13.8 Å². The molecule has 1 aromatic rings. The third-order valence-electron chi connectivity index (χ3n) is 3.55. The number of rotatable bonds is 9. The first-order chi connectivity index (χ1) is 10.0. The Morgan fingerprint density at radius 3 is 2.52 bits per heavy atom. The van der Waals surface area contributed by atoms with Gasteiger partial charge in [-0.3, -0.25) is 0 Å². The summed E-state index contributed by atoms with van der Waals surface area (Å²) in [7, 11) is 1.55. The van der Waals surface area contributed by atoms with Crippen molar-refractivity contribution in [3.63, 3.8) is 0 Å². The van der Waals surface area contributed by atoms with Crippen LogP contribution in [0.1, 0.15) is 63.4 Å². The van der Waals surface area contributed by atoms with Crippen LogP contribution >= 0.6 is 0 Å². The molecule has 0 aromatic heterocycles. The Kier molecular flexibility index (Phi) is 7.86. The van der Waals surface area contributed by atoms with E-state index < -0.39 is 6.10 Å². The van der Waals surface area contributed by atoms with Gasteiger partial charge in [0.15, 0.2) is 0 Å². The lowest BCUT2D eigenvalue weighted by atomic mass is 9.95. The fourth-order valence-electron chi connectivity index (χ4n) is 2.24. The average molecular weight is 298 g/mol. The lowest BCUT2D eigenvalue weighted by Gasteiger charge is -2.20. The van der Waals surface area contributed by atoms with E-state index in [9.17, 15) is 9.50 Å². The van der Waals surface area contributed by atoms with Crippen molar-refractivity contribution in [1.82, 2.24) is 0 Å². The van der Waals surface area contributed by atoms with Crippen LogP contribution in [0.4, 0.5) is 4.39 Å². The molecule has 21 heavy (non-hydrogen) atoms. The molecule has 0 heterocycles.